The Balaban J connectivity index is 1.47. The highest BCUT2D eigenvalue weighted by molar-refractivity contribution is 7.91. The molecule has 7 nitrogen and oxygen atoms in total. The highest BCUT2D eigenvalue weighted by Crippen LogP contribution is 2.23. The molecule has 1 aromatic carbocycles. The van der Waals surface area contributed by atoms with Gasteiger partial charge in [0.05, 0.1) is 16.0 Å². The van der Waals surface area contributed by atoms with Crippen LogP contribution in [0.25, 0.3) is 11.0 Å². The van der Waals surface area contributed by atoms with E-state index in [9.17, 15) is 13.2 Å². The van der Waals surface area contributed by atoms with Crippen LogP contribution in [0.4, 0.5) is 0 Å². The summed E-state index contributed by atoms with van der Waals surface area (Å²) < 4.78 is 25.6. The van der Waals surface area contributed by atoms with E-state index in [0.717, 1.165) is 10.9 Å². The Kier molecular flexibility index (Phi) is 4.94. The minimum absolute atomic E-state index is 0.0247. The molecule has 3 aromatic heterocycles. The zero-order chi connectivity index (χ0) is 20.4. The minimum atomic E-state index is -3.62. The number of carbonyl (C=O) groups is 1. The van der Waals surface area contributed by atoms with Gasteiger partial charge in [0.25, 0.3) is 0 Å². The number of nitrogens with zero attached hydrogens (tertiary/aromatic N) is 3. The molecule has 29 heavy (non-hydrogen) atoms. The highest BCUT2D eigenvalue weighted by atomic mass is 32.2. The summed E-state index contributed by atoms with van der Waals surface area (Å²) in [4.78, 5) is 21.0. The quantitative estimate of drug-likeness (QED) is 0.493. The lowest BCUT2D eigenvalue weighted by molar-refractivity contribution is 0.0982. The van der Waals surface area contributed by atoms with Crippen LogP contribution < -0.4 is 0 Å². The van der Waals surface area contributed by atoms with Gasteiger partial charge in [0.2, 0.25) is 9.84 Å². The van der Waals surface area contributed by atoms with Gasteiger partial charge >= 0.3 is 0 Å². The number of pyridine rings is 2. The average molecular weight is 406 g/mol. The predicted molar refractivity (Wildman–Crippen MR) is 107 cm³/mol. The number of hydrogen-bond donors (Lipinski definition) is 1. The molecule has 0 saturated heterocycles. The second-order valence-electron chi connectivity index (χ2n) is 6.74. The first-order valence-electron chi connectivity index (χ1n) is 9.02. The van der Waals surface area contributed by atoms with Crippen LogP contribution in [0.3, 0.4) is 0 Å². The van der Waals surface area contributed by atoms with Crippen LogP contribution in [0.15, 0.2) is 71.0 Å². The van der Waals surface area contributed by atoms with E-state index in [1.807, 2.05) is 0 Å². The summed E-state index contributed by atoms with van der Waals surface area (Å²) in [6, 6.07) is 10.1. The summed E-state index contributed by atoms with van der Waals surface area (Å²) >= 11 is 0. The molecule has 0 aliphatic rings. The topological polar surface area (TPSA) is 106 Å². The summed E-state index contributed by atoms with van der Waals surface area (Å²) in [7, 11) is -3.62. The van der Waals surface area contributed by atoms with E-state index in [1.54, 1.807) is 55.7 Å². The van der Waals surface area contributed by atoms with Crippen molar-refractivity contribution in [3.8, 4) is 0 Å². The van der Waals surface area contributed by atoms with Gasteiger partial charge in [-0.05, 0) is 48.7 Å². The van der Waals surface area contributed by atoms with Gasteiger partial charge < -0.3 is 0 Å². The highest BCUT2D eigenvalue weighted by Gasteiger charge is 2.20. The lowest BCUT2D eigenvalue weighted by Crippen LogP contribution is -2.05. The normalized spacial score (nSPS) is 11.6. The SMILES string of the molecule is Cc1ccncc1S(=O)(=O)c1ccc(CCC(=O)c2cnc3[nH]ncc3c2)cc1. The van der Waals surface area contributed by atoms with Crippen LogP contribution in [0.5, 0.6) is 0 Å². The van der Waals surface area contributed by atoms with E-state index < -0.39 is 9.84 Å². The molecule has 0 atom stereocenters. The third-order valence-electron chi connectivity index (χ3n) is 4.77. The minimum Gasteiger partial charge on any atom is -0.294 e. The molecule has 1 N–H and O–H groups in total. The van der Waals surface area contributed by atoms with Crippen molar-refractivity contribution in [2.45, 2.75) is 29.6 Å². The molecule has 8 heteroatoms. The molecule has 0 amide bonds. The van der Waals surface area contributed by atoms with E-state index in [4.69, 9.17) is 0 Å². The fourth-order valence-corrected chi connectivity index (χ4v) is 4.52. The number of benzene rings is 1. The average Bonchev–Trinajstić information content (AvgIpc) is 3.20. The number of rotatable bonds is 6. The fraction of sp³-hybridized carbons (Fsp3) is 0.143. The van der Waals surface area contributed by atoms with Crippen LogP contribution in [0.2, 0.25) is 0 Å². The van der Waals surface area contributed by atoms with Crippen molar-refractivity contribution in [2.24, 2.45) is 0 Å². The van der Waals surface area contributed by atoms with Gasteiger partial charge in [0.1, 0.15) is 0 Å². The Hall–Kier alpha value is -3.39. The van der Waals surface area contributed by atoms with Crippen molar-refractivity contribution < 1.29 is 13.2 Å². The first-order valence-corrected chi connectivity index (χ1v) is 10.5. The number of aromatic amines is 1. The van der Waals surface area contributed by atoms with E-state index in [1.165, 1.54) is 12.4 Å². The zero-order valence-electron chi connectivity index (χ0n) is 15.7. The van der Waals surface area contributed by atoms with Gasteiger partial charge in [0.15, 0.2) is 11.4 Å². The molecular weight excluding hydrogens is 388 g/mol. The van der Waals surface area contributed by atoms with Crippen LogP contribution in [-0.4, -0.2) is 34.4 Å². The number of aryl methyl sites for hydroxylation is 2. The smallest absolute Gasteiger partial charge is 0.208 e. The summed E-state index contributed by atoms with van der Waals surface area (Å²) in [6.45, 7) is 1.74. The second kappa shape index (κ2) is 7.56. The van der Waals surface area contributed by atoms with Crippen LogP contribution in [-0.2, 0) is 16.3 Å². The molecule has 0 spiro atoms. The van der Waals surface area contributed by atoms with Gasteiger partial charge in [0, 0.05) is 36.0 Å². The molecule has 0 radical (unpaired) electrons. The van der Waals surface area contributed by atoms with Crippen molar-refractivity contribution in [1.82, 2.24) is 20.2 Å². The third-order valence-corrected chi connectivity index (χ3v) is 6.67. The molecule has 3 heterocycles. The third kappa shape index (κ3) is 3.79. The number of carbonyl (C=O) groups excluding carboxylic acids is 1. The first-order chi connectivity index (χ1) is 13.9. The standard InChI is InChI=1S/C21H18N4O3S/c1-14-8-9-22-13-20(14)29(27,28)18-5-2-15(3-6-18)4-7-19(26)16-10-17-12-24-25-21(17)23-11-16/h2-3,5-6,8-13H,4,7H2,1H3,(H,23,24,25). The van der Waals surface area contributed by atoms with Crippen molar-refractivity contribution in [3.05, 3.63) is 77.9 Å². The maximum Gasteiger partial charge on any atom is 0.208 e. The van der Waals surface area contributed by atoms with Crippen LogP contribution in [0.1, 0.15) is 27.9 Å². The Bertz CT molecular complexity index is 1300. The monoisotopic (exact) mass is 406 g/mol. The maximum absolute atomic E-state index is 12.8. The summed E-state index contributed by atoms with van der Waals surface area (Å²) in [5.74, 6) is -0.0247. The second-order valence-corrected chi connectivity index (χ2v) is 8.66. The lowest BCUT2D eigenvalue weighted by atomic mass is 10.0. The molecular formula is C21H18N4O3S. The molecule has 0 saturated carbocycles. The number of ketones is 1. The Morgan fingerprint density at radius 3 is 2.62 bits per heavy atom. The van der Waals surface area contributed by atoms with Crippen LogP contribution in [0, 0.1) is 6.92 Å². The van der Waals surface area contributed by atoms with E-state index in [2.05, 4.69) is 20.2 Å². The number of fused-ring (bicyclic) bond motifs is 1. The Morgan fingerprint density at radius 1 is 1.07 bits per heavy atom. The van der Waals surface area contributed by atoms with Crippen molar-refractivity contribution in [2.75, 3.05) is 0 Å². The molecule has 0 bridgehead atoms. The summed E-state index contributed by atoms with van der Waals surface area (Å²) in [5.41, 5.74) is 2.71. The molecule has 0 unspecified atom stereocenters. The number of Topliss-reactive ketones (excluding diaryl/α,β-unsaturated/α-hetero) is 1. The summed E-state index contributed by atoms with van der Waals surface area (Å²) in [6.07, 6.45) is 6.90. The van der Waals surface area contributed by atoms with Gasteiger partial charge in [-0.2, -0.15) is 5.10 Å². The van der Waals surface area contributed by atoms with Gasteiger partial charge in [-0.25, -0.2) is 13.4 Å². The Labute approximate surface area is 167 Å². The number of nitrogens with one attached hydrogen (secondary N) is 1. The van der Waals surface area contributed by atoms with Gasteiger partial charge in [-0.1, -0.05) is 12.1 Å². The maximum atomic E-state index is 12.8. The fourth-order valence-electron chi connectivity index (χ4n) is 3.08. The number of hydrogen-bond acceptors (Lipinski definition) is 6. The molecule has 0 aliphatic heterocycles. The van der Waals surface area contributed by atoms with Crippen molar-refractivity contribution in [1.29, 1.82) is 0 Å². The van der Waals surface area contributed by atoms with E-state index >= 15 is 0 Å². The zero-order valence-corrected chi connectivity index (χ0v) is 16.5. The first kappa shape index (κ1) is 18.9. The summed E-state index contributed by atoms with van der Waals surface area (Å²) in [5, 5.41) is 7.44. The van der Waals surface area contributed by atoms with E-state index in [0.29, 0.717) is 29.6 Å². The molecule has 4 rings (SSSR count). The number of aromatic nitrogens is 4. The van der Waals surface area contributed by atoms with Gasteiger partial charge in [-0.15, -0.1) is 0 Å². The van der Waals surface area contributed by atoms with Crippen LogP contribution >= 0.6 is 0 Å². The number of H-pyrrole nitrogens is 1. The van der Waals surface area contributed by atoms with Crippen molar-refractivity contribution in [3.63, 3.8) is 0 Å². The molecule has 0 fully saturated rings. The van der Waals surface area contributed by atoms with Gasteiger partial charge in [-0.3, -0.25) is 14.9 Å². The predicted octanol–water partition coefficient (Wildman–Crippen LogP) is 3.31. The Morgan fingerprint density at radius 2 is 1.86 bits per heavy atom. The number of sulfone groups is 1. The largest absolute Gasteiger partial charge is 0.294 e. The van der Waals surface area contributed by atoms with E-state index in [-0.39, 0.29) is 15.6 Å². The molecule has 0 aliphatic carbocycles. The lowest BCUT2D eigenvalue weighted by Gasteiger charge is -2.08. The molecule has 146 valence electrons. The molecule has 4 aromatic rings. The van der Waals surface area contributed by atoms with Crippen molar-refractivity contribution >= 4 is 26.7 Å².